The molecule has 5 heteroatoms. The standard InChI is InChI=1S/C14H22N4O/c1-9-13(8-16-18(9)2)14(19)17-12-4-3-10-6-15-7-11(10)5-12/h8,10-12,15H,3-7H2,1-2H3,(H,17,19)/t10-,11+,12?/m0/s1. The molecule has 104 valence electrons. The minimum Gasteiger partial charge on any atom is -0.349 e. The van der Waals surface area contributed by atoms with Crippen LogP contribution in [0, 0.1) is 18.8 Å². The molecule has 1 saturated carbocycles. The van der Waals surface area contributed by atoms with E-state index < -0.39 is 0 Å². The van der Waals surface area contributed by atoms with Crippen LogP contribution in [-0.2, 0) is 7.05 Å². The molecule has 3 rings (SSSR count). The second-order valence-electron chi connectivity index (χ2n) is 5.93. The highest BCUT2D eigenvalue weighted by molar-refractivity contribution is 5.95. The maximum absolute atomic E-state index is 12.3. The van der Waals surface area contributed by atoms with E-state index in [0.717, 1.165) is 43.5 Å². The molecule has 19 heavy (non-hydrogen) atoms. The normalized spacial score (nSPS) is 30.1. The Balaban J connectivity index is 1.62. The van der Waals surface area contributed by atoms with Gasteiger partial charge >= 0.3 is 0 Å². The highest BCUT2D eigenvalue weighted by Gasteiger charge is 2.34. The molecule has 1 saturated heterocycles. The molecule has 1 aromatic rings. The highest BCUT2D eigenvalue weighted by atomic mass is 16.1. The van der Waals surface area contributed by atoms with Crippen molar-refractivity contribution in [2.75, 3.05) is 13.1 Å². The Labute approximate surface area is 113 Å². The van der Waals surface area contributed by atoms with Gasteiger partial charge < -0.3 is 10.6 Å². The van der Waals surface area contributed by atoms with Crippen LogP contribution in [0.15, 0.2) is 6.20 Å². The Morgan fingerprint density at radius 1 is 1.42 bits per heavy atom. The van der Waals surface area contributed by atoms with Gasteiger partial charge in [0, 0.05) is 18.8 Å². The first-order valence-corrected chi connectivity index (χ1v) is 7.15. The van der Waals surface area contributed by atoms with Crippen molar-refractivity contribution in [2.45, 2.75) is 32.2 Å². The number of amides is 1. The Kier molecular flexibility index (Phi) is 3.31. The number of carbonyl (C=O) groups excluding carboxylic acids is 1. The quantitative estimate of drug-likeness (QED) is 0.830. The summed E-state index contributed by atoms with van der Waals surface area (Å²) in [7, 11) is 1.86. The number of nitrogens with one attached hydrogen (secondary N) is 2. The summed E-state index contributed by atoms with van der Waals surface area (Å²) in [5.41, 5.74) is 1.63. The van der Waals surface area contributed by atoms with E-state index in [9.17, 15) is 4.79 Å². The van der Waals surface area contributed by atoms with Crippen LogP contribution in [0.4, 0.5) is 0 Å². The third-order valence-corrected chi connectivity index (χ3v) is 4.77. The van der Waals surface area contributed by atoms with Crippen LogP contribution < -0.4 is 10.6 Å². The second-order valence-corrected chi connectivity index (χ2v) is 5.93. The van der Waals surface area contributed by atoms with E-state index in [1.165, 1.54) is 6.42 Å². The Morgan fingerprint density at radius 2 is 2.21 bits per heavy atom. The minimum atomic E-state index is 0.0278. The first-order chi connectivity index (χ1) is 9.15. The van der Waals surface area contributed by atoms with Gasteiger partial charge in [0.2, 0.25) is 0 Å². The van der Waals surface area contributed by atoms with Gasteiger partial charge in [-0.3, -0.25) is 9.48 Å². The molecule has 2 heterocycles. The van der Waals surface area contributed by atoms with E-state index in [4.69, 9.17) is 0 Å². The molecule has 1 aliphatic heterocycles. The van der Waals surface area contributed by atoms with E-state index in [1.54, 1.807) is 10.9 Å². The lowest BCUT2D eigenvalue weighted by Crippen LogP contribution is -2.40. The van der Waals surface area contributed by atoms with Crippen molar-refractivity contribution in [3.63, 3.8) is 0 Å². The number of hydrogen-bond acceptors (Lipinski definition) is 3. The predicted molar refractivity (Wildman–Crippen MR) is 72.9 cm³/mol. The first kappa shape index (κ1) is 12.7. The SMILES string of the molecule is Cc1c(C(=O)NC2CC[C@H]3CNC[C@H]3C2)cnn1C. The van der Waals surface area contributed by atoms with Crippen LogP contribution in [0.2, 0.25) is 0 Å². The number of aromatic nitrogens is 2. The molecule has 0 aromatic carbocycles. The predicted octanol–water partition coefficient (Wildman–Crippen LogP) is 0.846. The van der Waals surface area contributed by atoms with Crippen molar-refractivity contribution in [1.29, 1.82) is 0 Å². The summed E-state index contributed by atoms with van der Waals surface area (Å²) in [4.78, 5) is 12.3. The van der Waals surface area contributed by atoms with Crippen molar-refractivity contribution in [3.8, 4) is 0 Å². The third kappa shape index (κ3) is 2.39. The van der Waals surface area contributed by atoms with Gasteiger partial charge in [0.1, 0.15) is 0 Å². The van der Waals surface area contributed by atoms with E-state index in [0.29, 0.717) is 11.6 Å². The number of nitrogens with zero attached hydrogens (tertiary/aromatic N) is 2. The van der Waals surface area contributed by atoms with Crippen LogP contribution in [0.3, 0.4) is 0 Å². The van der Waals surface area contributed by atoms with Crippen molar-refractivity contribution >= 4 is 5.91 Å². The van der Waals surface area contributed by atoms with E-state index in [1.807, 2.05) is 14.0 Å². The zero-order chi connectivity index (χ0) is 13.4. The molecule has 2 aliphatic rings. The van der Waals surface area contributed by atoms with E-state index >= 15 is 0 Å². The van der Waals surface area contributed by atoms with Gasteiger partial charge in [-0.1, -0.05) is 0 Å². The molecule has 2 N–H and O–H groups in total. The van der Waals surface area contributed by atoms with Crippen molar-refractivity contribution < 1.29 is 4.79 Å². The van der Waals surface area contributed by atoms with Crippen LogP contribution in [-0.4, -0.2) is 34.8 Å². The molecule has 1 amide bonds. The maximum Gasteiger partial charge on any atom is 0.254 e. The fraction of sp³-hybridized carbons (Fsp3) is 0.714. The average molecular weight is 262 g/mol. The van der Waals surface area contributed by atoms with Crippen molar-refractivity contribution in [2.24, 2.45) is 18.9 Å². The van der Waals surface area contributed by atoms with Gasteiger partial charge in [-0.15, -0.1) is 0 Å². The molecular formula is C14H22N4O. The molecule has 0 radical (unpaired) electrons. The van der Waals surface area contributed by atoms with E-state index in [-0.39, 0.29) is 5.91 Å². The fourth-order valence-electron chi connectivity index (χ4n) is 3.42. The lowest BCUT2D eigenvalue weighted by molar-refractivity contribution is 0.0913. The van der Waals surface area contributed by atoms with Crippen LogP contribution in [0.5, 0.6) is 0 Å². The van der Waals surface area contributed by atoms with Crippen molar-refractivity contribution in [1.82, 2.24) is 20.4 Å². The Bertz CT molecular complexity index is 482. The summed E-state index contributed by atoms with van der Waals surface area (Å²) in [6, 6.07) is 0.327. The van der Waals surface area contributed by atoms with Crippen LogP contribution in [0.1, 0.15) is 35.3 Å². The molecule has 2 fully saturated rings. The molecule has 1 aliphatic carbocycles. The van der Waals surface area contributed by atoms with Crippen LogP contribution >= 0.6 is 0 Å². The molecule has 0 bridgehead atoms. The summed E-state index contributed by atoms with van der Waals surface area (Å²) in [5, 5.41) is 10.8. The summed E-state index contributed by atoms with van der Waals surface area (Å²) >= 11 is 0. The van der Waals surface area contributed by atoms with Gasteiger partial charge in [0.15, 0.2) is 0 Å². The monoisotopic (exact) mass is 262 g/mol. The van der Waals surface area contributed by atoms with Gasteiger partial charge in [0.25, 0.3) is 5.91 Å². The number of hydrogen-bond donors (Lipinski definition) is 2. The van der Waals surface area contributed by atoms with Gasteiger partial charge in [-0.05, 0) is 51.1 Å². The highest BCUT2D eigenvalue weighted by Crippen LogP contribution is 2.32. The zero-order valence-corrected chi connectivity index (χ0v) is 11.6. The maximum atomic E-state index is 12.3. The summed E-state index contributed by atoms with van der Waals surface area (Å²) in [5.74, 6) is 1.60. The lowest BCUT2D eigenvalue weighted by Gasteiger charge is -2.31. The number of fused-ring (bicyclic) bond motifs is 1. The number of rotatable bonds is 2. The molecule has 1 aromatic heterocycles. The molecule has 1 unspecified atom stereocenters. The van der Waals surface area contributed by atoms with Crippen LogP contribution in [0.25, 0.3) is 0 Å². The molecule has 5 nitrogen and oxygen atoms in total. The van der Waals surface area contributed by atoms with Gasteiger partial charge in [0.05, 0.1) is 11.8 Å². The summed E-state index contributed by atoms with van der Waals surface area (Å²) in [6.45, 7) is 4.20. The topological polar surface area (TPSA) is 59.0 Å². The lowest BCUT2D eigenvalue weighted by atomic mass is 9.79. The molecule has 0 spiro atoms. The second kappa shape index (κ2) is 4.96. The smallest absolute Gasteiger partial charge is 0.254 e. The summed E-state index contributed by atoms with van der Waals surface area (Å²) in [6.07, 6.45) is 5.11. The Morgan fingerprint density at radius 3 is 2.95 bits per heavy atom. The van der Waals surface area contributed by atoms with Crippen molar-refractivity contribution in [3.05, 3.63) is 17.5 Å². The van der Waals surface area contributed by atoms with Gasteiger partial charge in [-0.25, -0.2) is 0 Å². The zero-order valence-electron chi connectivity index (χ0n) is 11.6. The third-order valence-electron chi connectivity index (χ3n) is 4.77. The number of carbonyl (C=O) groups is 1. The average Bonchev–Trinajstić information content (AvgIpc) is 2.97. The number of aryl methyl sites for hydroxylation is 1. The minimum absolute atomic E-state index is 0.0278. The fourth-order valence-corrected chi connectivity index (χ4v) is 3.42. The summed E-state index contributed by atoms with van der Waals surface area (Å²) < 4.78 is 1.74. The largest absolute Gasteiger partial charge is 0.349 e. The molecular weight excluding hydrogens is 240 g/mol. The Hall–Kier alpha value is -1.36. The van der Waals surface area contributed by atoms with E-state index in [2.05, 4.69) is 15.7 Å². The molecule has 3 atom stereocenters. The first-order valence-electron chi connectivity index (χ1n) is 7.15. The van der Waals surface area contributed by atoms with Gasteiger partial charge in [-0.2, -0.15) is 5.10 Å².